The summed E-state index contributed by atoms with van der Waals surface area (Å²) in [4.78, 5) is 0. The standard InChI is InChI=1S/C11H17BrSi/c1-13(2,12)10-6-9-11-7-4-3-5-8-11/h3-5,7-8H,6,9-10H2,1-2H3. The lowest BCUT2D eigenvalue weighted by Crippen LogP contribution is -2.14. The lowest BCUT2D eigenvalue weighted by Gasteiger charge is -2.12. The third-order valence-corrected chi connectivity index (χ3v) is 4.81. The highest BCUT2D eigenvalue weighted by molar-refractivity contribution is 9.26. The minimum absolute atomic E-state index is 0.999. The van der Waals surface area contributed by atoms with Gasteiger partial charge in [0, 0.05) is 0 Å². The summed E-state index contributed by atoms with van der Waals surface area (Å²) in [5.41, 5.74) is 1.47. The van der Waals surface area contributed by atoms with Crippen LogP contribution in [0.5, 0.6) is 0 Å². The molecule has 2 heteroatoms. The summed E-state index contributed by atoms with van der Waals surface area (Å²) in [6.45, 7) is 3.72. The summed E-state index contributed by atoms with van der Waals surface area (Å²) in [5, 5.41) is 0. The highest BCUT2D eigenvalue weighted by Crippen LogP contribution is 2.20. The molecule has 0 aliphatic carbocycles. The Balaban J connectivity index is 2.29. The molecule has 1 rings (SSSR count). The maximum absolute atomic E-state index is 3.79. The van der Waals surface area contributed by atoms with Crippen LogP contribution in [0.1, 0.15) is 12.0 Å². The fourth-order valence-electron chi connectivity index (χ4n) is 1.36. The molecular weight excluding hydrogens is 240 g/mol. The zero-order chi connectivity index (χ0) is 9.73. The molecule has 13 heavy (non-hydrogen) atoms. The Kier molecular flexibility index (Phi) is 4.20. The summed E-state index contributed by atoms with van der Waals surface area (Å²) in [7, 11) is 0. The van der Waals surface area contributed by atoms with Crippen LogP contribution < -0.4 is 0 Å². The van der Waals surface area contributed by atoms with Crippen molar-refractivity contribution in [2.45, 2.75) is 32.0 Å². The van der Waals surface area contributed by atoms with E-state index in [4.69, 9.17) is 0 Å². The summed E-state index contributed by atoms with van der Waals surface area (Å²) in [5.74, 6) is 0. The van der Waals surface area contributed by atoms with Crippen LogP contribution in [-0.4, -0.2) is 6.69 Å². The van der Waals surface area contributed by atoms with Crippen molar-refractivity contribution in [2.75, 3.05) is 0 Å². The lowest BCUT2D eigenvalue weighted by molar-refractivity contribution is 0.908. The topological polar surface area (TPSA) is 0 Å². The quantitative estimate of drug-likeness (QED) is 0.559. The van der Waals surface area contributed by atoms with Crippen molar-refractivity contribution < 1.29 is 0 Å². The second kappa shape index (κ2) is 4.96. The molecule has 0 heterocycles. The maximum Gasteiger partial charge on any atom is 0.124 e. The molecule has 0 saturated heterocycles. The molecule has 0 radical (unpaired) electrons. The molecular formula is C11H17BrSi. The molecule has 0 fully saturated rings. The van der Waals surface area contributed by atoms with Crippen LogP contribution in [0.4, 0.5) is 0 Å². The maximum atomic E-state index is 3.79. The summed E-state index contributed by atoms with van der Waals surface area (Å²) < 4.78 is 0. The van der Waals surface area contributed by atoms with Gasteiger partial charge < -0.3 is 0 Å². The van der Waals surface area contributed by atoms with E-state index in [-0.39, 0.29) is 0 Å². The van der Waals surface area contributed by atoms with Crippen molar-refractivity contribution in [3.8, 4) is 0 Å². The first-order valence-electron chi connectivity index (χ1n) is 4.81. The molecule has 0 spiro atoms. The Hall–Kier alpha value is -0.0831. The van der Waals surface area contributed by atoms with Crippen molar-refractivity contribution in [3.05, 3.63) is 35.9 Å². The van der Waals surface area contributed by atoms with Crippen molar-refractivity contribution in [3.63, 3.8) is 0 Å². The van der Waals surface area contributed by atoms with Gasteiger partial charge in [0.1, 0.15) is 6.69 Å². The van der Waals surface area contributed by atoms with Crippen molar-refractivity contribution in [2.24, 2.45) is 0 Å². The minimum atomic E-state index is -0.999. The van der Waals surface area contributed by atoms with Crippen LogP contribution >= 0.6 is 15.3 Å². The van der Waals surface area contributed by atoms with Gasteiger partial charge >= 0.3 is 0 Å². The second-order valence-corrected chi connectivity index (χ2v) is 14.4. The molecule has 0 saturated carbocycles. The summed E-state index contributed by atoms with van der Waals surface area (Å²) >= 11 is 3.79. The van der Waals surface area contributed by atoms with E-state index < -0.39 is 6.69 Å². The Morgan fingerprint density at radius 3 is 2.31 bits per heavy atom. The molecule has 1 aromatic rings. The van der Waals surface area contributed by atoms with Gasteiger partial charge in [-0.15, -0.1) is 15.3 Å². The van der Waals surface area contributed by atoms with Crippen molar-refractivity contribution >= 4 is 22.0 Å². The van der Waals surface area contributed by atoms with E-state index in [9.17, 15) is 0 Å². The Morgan fingerprint density at radius 1 is 1.15 bits per heavy atom. The monoisotopic (exact) mass is 256 g/mol. The Morgan fingerprint density at radius 2 is 1.77 bits per heavy atom. The third-order valence-electron chi connectivity index (χ3n) is 2.08. The SMILES string of the molecule is C[Si](C)(Br)CCCc1ccccc1. The largest absolute Gasteiger partial charge is 0.127 e. The van der Waals surface area contributed by atoms with Crippen LogP contribution in [0.25, 0.3) is 0 Å². The fraction of sp³-hybridized carbons (Fsp3) is 0.455. The minimum Gasteiger partial charge on any atom is -0.127 e. The van der Waals surface area contributed by atoms with Crippen LogP contribution in [0.15, 0.2) is 30.3 Å². The third kappa shape index (κ3) is 5.27. The first-order valence-corrected chi connectivity index (χ1v) is 10.3. The average Bonchev–Trinajstić information content (AvgIpc) is 2.04. The number of aryl methyl sites for hydroxylation is 1. The number of hydrogen-bond acceptors (Lipinski definition) is 0. The smallest absolute Gasteiger partial charge is 0.124 e. The number of rotatable bonds is 4. The predicted octanol–water partition coefficient (Wildman–Crippen LogP) is 4.22. The van der Waals surface area contributed by atoms with Gasteiger partial charge in [0.05, 0.1) is 0 Å². The van der Waals surface area contributed by atoms with Gasteiger partial charge in [-0.1, -0.05) is 49.8 Å². The highest BCUT2D eigenvalue weighted by Gasteiger charge is 2.14. The van der Waals surface area contributed by atoms with E-state index in [0.717, 1.165) is 0 Å². The van der Waals surface area contributed by atoms with Crippen molar-refractivity contribution in [1.82, 2.24) is 0 Å². The molecule has 0 aliphatic heterocycles. The molecule has 0 aliphatic rings. The van der Waals surface area contributed by atoms with E-state index in [1.165, 1.54) is 24.4 Å². The van der Waals surface area contributed by atoms with E-state index in [0.29, 0.717) is 0 Å². The zero-order valence-electron chi connectivity index (χ0n) is 8.39. The zero-order valence-corrected chi connectivity index (χ0v) is 11.0. The normalized spacial score (nSPS) is 11.6. The Labute approximate surface area is 90.0 Å². The lowest BCUT2D eigenvalue weighted by atomic mass is 10.1. The first kappa shape index (κ1) is 11.0. The summed E-state index contributed by atoms with van der Waals surface area (Å²) in [6.07, 6.45) is 2.54. The summed E-state index contributed by atoms with van der Waals surface area (Å²) in [6, 6.07) is 12.1. The van der Waals surface area contributed by atoms with Crippen molar-refractivity contribution in [1.29, 1.82) is 0 Å². The molecule has 0 unspecified atom stereocenters. The number of halogens is 1. The van der Waals surface area contributed by atoms with E-state index in [1.54, 1.807) is 0 Å². The predicted molar refractivity (Wildman–Crippen MR) is 66.0 cm³/mol. The fourth-order valence-corrected chi connectivity index (χ4v) is 3.22. The van der Waals surface area contributed by atoms with Crippen LogP contribution in [0, 0.1) is 0 Å². The molecule has 72 valence electrons. The van der Waals surface area contributed by atoms with Crippen LogP contribution in [0.3, 0.4) is 0 Å². The number of hydrogen-bond donors (Lipinski definition) is 0. The molecule has 0 atom stereocenters. The molecule has 0 nitrogen and oxygen atoms in total. The molecule has 0 bridgehead atoms. The first-order chi connectivity index (χ1) is 6.08. The highest BCUT2D eigenvalue weighted by atomic mass is 79.9. The van der Waals surface area contributed by atoms with Gasteiger partial charge in [-0.2, -0.15) is 0 Å². The van der Waals surface area contributed by atoms with Gasteiger partial charge in [-0.3, -0.25) is 0 Å². The number of benzene rings is 1. The molecule has 0 amide bonds. The van der Waals surface area contributed by atoms with Gasteiger partial charge in [-0.25, -0.2) is 0 Å². The van der Waals surface area contributed by atoms with Crippen LogP contribution in [-0.2, 0) is 6.42 Å². The van der Waals surface area contributed by atoms with Gasteiger partial charge in [0.2, 0.25) is 0 Å². The van der Waals surface area contributed by atoms with Crippen LogP contribution in [0.2, 0.25) is 19.1 Å². The van der Waals surface area contributed by atoms with Gasteiger partial charge in [0.15, 0.2) is 0 Å². The van der Waals surface area contributed by atoms with Gasteiger partial charge in [0.25, 0.3) is 0 Å². The Bertz CT molecular complexity index is 238. The molecule has 0 aromatic heterocycles. The average molecular weight is 257 g/mol. The second-order valence-electron chi connectivity index (χ2n) is 4.06. The molecule has 0 N–H and O–H groups in total. The van der Waals surface area contributed by atoms with E-state index >= 15 is 0 Å². The van der Waals surface area contributed by atoms with Gasteiger partial charge in [-0.05, 0) is 18.0 Å². The van der Waals surface area contributed by atoms with E-state index in [1.807, 2.05) is 0 Å². The molecule has 1 aromatic carbocycles. The van der Waals surface area contributed by atoms with E-state index in [2.05, 4.69) is 58.7 Å².